The Balaban J connectivity index is 2.30. The summed E-state index contributed by atoms with van der Waals surface area (Å²) in [6.45, 7) is 2.54. The van der Waals surface area contributed by atoms with Crippen LogP contribution in [0.4, 0.5) is 8.78 Å². The monoisotopic (exact) mass is 285 g/mol. The Bertz CT molecular complexity index is 543. The molecule has 19 heavy (non-hydrogen) atoms. The molecule has 0 aliphatic carbocycles. The molecule has 0 saturated heterocycles. The number of benzene rings is 1. The summed E-state index contributed by atoms with van der Waals surface area (Å²) in [4.78, 5) is 7.04. The first-order valence-electron chi connectivity index (χ1n) is 5.98. The third-order valence-electron chi connectivity index (χ3n) is 2.82. The molecule has 2 aromatic rings. The molecule has 1 heterocycles. The second-order valence-corrected chi connectivity index (χ2v) is 4.55. The van der Waals surface area contributed by atoms with E-state index in [4.69, 9.17) is 11.6 Å². The van der Waals surface area contributed by atoms with Crippen molar-refractivity contribution in [3.63, 3.8) is 0 Å². The Hall–Kier alpha value is -1.46. The number of aromatic nitrogens is 2. The molecule has 2 rings (SSSR count). The van der Waals surface area contributed by atoms with Gasteiger partial charge in [-0.1, -0.05) is 18.5 Å². The van der Waals surface area contributed by atoms with Gasteiger partial charge in [0, 0.05) is 30.4 Å². The Morgan fingerprint density at radius 1 is 1.37 bits per heavy atom. The highest BCUT2D eigenvalue weighted by molar-refractivity contribution is 6.30. The first-order valence-corrected chi connectivity index (χ1v) is 6.35. The minimum atomic E-state index is -0.625. The topological polar surface area (TPSA) is 40.7 Å². The van der Waals surface area contributed by atoms with Crippen LogP contribution in [0.5, 0.6) is 0 Å². The first kappa shape index (κ1) is 14.0. The second kappa shape index (κ2) is 6.12. The maximum Gasteiger partial charge on any atom is 0.142 e. The molecule has 0 bridgehead atoms. The summed E-state index contributed by atoms with van der Waals surface area (Å²) < 4.78 is 27.4. The van der Waals surface area contributed by atoms with Crippen LogP contribution in [0.25, 0.3) is 0 Å². The van der Waals surface area contributed by atoms with Crippen molar-refractivity contribution >= 4 is 11.6 Å². The van der Waals surface area contributed by atoms with E-state index in [0.29, 0.717) is 18.8 Å². The Labute approximate surface area is 115 Å². The van der Waals surface area contributed by atoms with Gasteiger partial charge in [-0.15, -0.1) is 0 Å². The minimum absolute atomic E-state index is 0.213. The molecule has 2 N–H and O–H groups in total. The van der Waals surface area contributed by atoms with Crippen LogP contribution in [0.1, 0.15) is 24.4 Å². The molecule has 1 unspecified atom stereocenters. The van der Waals surface area contributed by atoms with Gasteiger partial charge in [-0.05, 0) is 18.7 Å². The predicted octanol–water partition coefficient (Wildman–Crippen LogP) is 3.23. The van der Waals surface area contributed by atoms with Gasteiger partial charge in [-0.3, -0.25) is 0 Å². The minimum Gasteiger partial charge on any atom is -0.349 e. The standard InChI is InChI=1S/C13H14ClF2N3/c1-2-17-12(7-13-18-3-4-19-13)8-5-11(16)9(14)6-10(8)15/h3-6,12,17H,2,7H2,1H3,(H,18,19). The van der Waals surface area contributed by atoms with Gasteiger partial charge in [-0.2, -0.15) is 0 Å². The lowest BCUT2D eigenvalue weighted by Crippen LogP contribution is -2.24. The van der Waals surface area contributed by atoms with Crippen LogP contribution in [0.3, 0.4) is 0 Å². The van der Waals surface area contributed by atoms with E-state index in [-0.39, 0.29) is 16.6 Å². The van der Waals surface area contributed by atoms with Gasteiger partial charge in [0.1, 0.15) is 17.5 Å². The molecule has 0 spiro atoms. The SMILES string of the molecule is CCNC(Cc1ncc[nH]1)c1cc(F)c(Cl)cc1F. The van der Waals surface area contributed by atoms with E-state index >= 15 is 0 Å². The lowest BCUT2D eigenvalue weighted by Gasteiger charge is -2.18. The van der Waals surface area contributed by atoms with Gasteiger partial charge in [0.2, 0.25) is 0 Å². The molecule has 6 heteroatoms. The van der Waals surface area contributed by atoms with Gasteiger partial charge < -0.3 is 10.3 Å². The van der Waals surface area contributed by atoms with Gasteiger partial charge >= 0.3 is 0 Å². The van der Waals surface area contributed by atoms with Crippen molar-refractivity contribution in [2.75, 3.05) is 6.54 Å². The lowest BCUT2D eigenvalue weighted by atomic mass is 10.0. The van der Waals surface area contributed by atoms with Crippen molar-refractivity contribution in [3.8, 4) is 0 Å². The largest absolute Gasteiger partial charge is 0.349 e. The fourth-order valence-corrected chi connectivity index (χ4v) is 2.10. The zero-order valence-electron chi connectivity index (χ0n) is 10.4. The molecule has 0 amide bonds. The number of halogens is 3. The van der Waals surface area contributed by atoms with Crippen molar-refractivity contribution in [1.82, 2.24) is 15.3 Å². The second-order valence-electron chi connectivity index (χ2n) is 4.14. The highest BCUT2D eigenvalue weighted by atomic mass is 35.5. The lowest BCUT2D eigenvalue weighted by molar-refractivity contribution is 0.496. The molecule has 0 saturated carbocycles. The summed E-state index contributed by atoms with van der Waals surface area (Å²) in [6.07, 6.45) is 3.76. The maximum atomic E-state index is 13.9. The fraction of sp³-hybridized carbons (Fsp3) is 0.308. The average Bonchev–Trinajstić information content (AvgIpc) is 2.86. The molecule has 0 aliphatic heterocycles. The molecule has 0 aliphatic rings. The Morgan fingerprint density at radius 2 is 2.16 bits per heavy atom. The van der Waals surface area contributed by atoms with Crippen LogP contribution in [0, 0.1) is 11.6 Å². The molecule has 0 radical (unpaired) electrons. The van der Waals surface area contributed by atoms with E-state index in [0.717, 1.165) is 12.1 Å². The van der Waals surface area contributed by atoms with Crippen LogP contribution in [0.15, 0.2) is 24.5 Å². The van der Waals surface area contributed by atoms with Crippen LogP contribution >= 0.6 is 11.6 Å². The van der Waals surface area contributed by atoms with E-state index in [1.807, 2.05) is 6.92 Å². The Kier molecular flexibility index (Phi) is 4.50. The van der Waals surface area contributed by atoms with Gasteiger partial charge in [0.15, 0.2) is 0 Å². The van der Waals surface area contributed by atoms with Crippen molar-refractivity contribution < 1.29 is 8.78 Å². The summed E-state index contributed by atoms with van der Waals surface area (Å²) in [5.74, 6) is -0.440. The fourth-order valence-electron chi connectivity index (χ4n) is 1.95. The molecule has 102 valence electrons. The average molecular weight is 286 g/mol. The summed E-state index contributed by atoms with van der Waals surface area (Å²) in [5.41, 5.74) is 0.250. The van der Waals surface area contributed by atoms with Crippen LogP contribution in [-0.4, -0.2) is 16.5 Å². The quantitative estimate of drug-likeness (QED) is 0.828. The van der Waals surface area contributed by atoms with Crippen LogP contribution in [-0.2, 0) is 6.42 Å². The maximum absolute atomic E-state index is 13.9. The number of aromatic amines is 1. The van der Waals surface area contributed by atoms with Crippen molar-refractivity contribution in [3.05, 3.63) is 52.6 Å². The summed E-state index contributed by atoms with van der Waals surface area (Å²) in [7, 11) is 0. The number of rotatable bonds is 5. The number of nitrogens with one attached hydrogen (secondary N) is 2. The third-order valence-corrected chi connectivity index (χ3v) is 3.11. The molecule has 1 atom stereocenters. The van der Waals surface area contributed by atoms with E-state index in [1.165, 1.54) is 0 Å². The first-order chi connectivity index (χ1) is 9.11. The van der Waals surface area contributed by atoms with Crippen molar-refractivity contribution in [2.45, 2.75) is 19.4 Å². The molecule has 1 aromatic heterocycles. The number of hydrogen-bond acceptors (Lipinski definition) is 2. The highest BCUT2D eigenvalue weighted by Gasteiger charge is 2.19. The van der Waals surface area contributed by atoms with E-state index in [2.05, 4.69) is 15.3 Å². The summed E-state index contributed by atoms with van der Waals surface area (Å²) in [5, 5.41) is 2.90. The van der Waals surface area contributed by atoms with Crippen LogP contribution < -0.4 is 5.32 Å². The number of hydrogen-bond donors (Lipinski definition) is 2. The van der Waals surface area contributed by atoms with E-state index in [9.17, 15) is 8.78 Å². The number of likely N-dealkylation sites (N-methyl/N-ethyl adjacent to an activating group) is 1. The summed E-state index contributed by atoms with van der Waals surface area (Å²) in [6, 6.07) is 1.77. The zero-order chi connectivity index (χ0) is 13.8. The van der Waals surface area contributed by atoms with Gasteiger partial charge in [0.25, 0.3) is 0 Å². The third kappa shape index (κ3) is 3.30. The molecular formula is C13H14ClF2N3. The van der Waals surface area contributed by atoms with E-state index < -0.39 is 11.6 Å². The predicted molar refractivity (Wildman–Crippen MR) is 70.1 cm³/mol. The molecule has 3 nitrogen and oxygen atoms in total. The van der Waals surface area contributed by atoms with Crippen molar-refractivity contribution in [2.24, 2.45) is 0 Å². The zero-order valence-corrected chi connectivity index (χ0v) is 11.1. The normalized spacial score (nSPS) is 12.6. The van der Waals surface area contributed by atoms with Gasteiger partial charge in [0.05, 0.1) is 5.02 Å². The van der Waals surface area contributed by atoms with Crippen LogP contribution in [0.2, 0.25) is 5.02 Å². The highest BCUT2D eigenvalue weighted by Crippen LogP contribution is 2.25. The Morgan fingerprint density at radius 3 is 2.79 bits per heavy atom. The number of imidazole rings is 1. The molecule has 0 fully saturated rings. The number of nitrogens with zero attached hydrogens (tertiary/aromatic N) is 1. The van der Waals surface area contributed by atoms with Gasteiger partial charge in [-0.25, -0.2) is 13.8 Å². The molecule has 1 aromatic carbocycles. The summed E-state index contributed by atoms with van der Waals surface area (Å²) >= 11 is 5.56. The van der Waals surface area contributed by atoms with E-state index in [1.54, 1.807) is 12.4 Å². The smallest absolute Gasteiger partial charge is 0.142 e. The molecular weight excluding hydrogens is 272 g/mol. The number of H-pyrrole nitrogens is 1. The van der Waals surface area contributed by atoms with Crippen molar-refractivity contribution in [1.29, 1.82) is 0 Å².